The van der Waals surface area contributed by atoms with Crippen molar-refractivity contribution in [2.24, 2.45) is 0 Å². The summed E-state index contributed by atoms with van der Waals surface area (Å²) in [6, 6.07) is 3.89. The van der Waals surface area contributed by atoms with E-state index in [0.717, 1.165) is 5.69 Å². The molecule has 84 valence electrons. The molecule has 0 saturated heterocycles. The Morgan fingerprint density at radius 1 is 1.40 bits per heavy atom. The van der Waals surface area contributed by atoms with E-state index in [2.05, 4.69) is 4.74 Å². The number of halogens is 1. The minimum atomic E-state index is -0.243. The summed E-state index contributed by atoms with van der Waals surface area (Å²) in [7, 11) is 5.33. The maximum Gasteiger partial charge on any atom is 0.372 e. The van der Waals surface area contributed by atoms with Crippen molar-refractivity contribution in [1.82, 2.24) is 0 Å². The van der Waals surface area contributed by atoms with Crippen LogP contribution in [-0.2, 0) is 16.1 Å². The van der Waals surface area contributed by atoms with Crippen molar-refractivity contribution < 1.29 is 26.5 Å². The molecule has 0 aliphatic carbocycles. The van der Waals surface area contributed by atoms with E-state index in [4.69, 9.17) is 0 Å². The number of carbonyl (C=O) groups is 1. The Morgan fingerprint density at radius 2 is 1.93 bits per heavy atom. The summed E-state index contributed by atoms with van der Waals surface area (Å²) >= 11 is 0. The van der Waals surface area contributed by atoms with Crippen molar-refractivity contribution in [3.8, 4) is 0 Å². The summed E-state index contributed by atoms with van der Waals surface area (Å²) in [5.74, 6) is -0.243. The van der Waals surface area contributed by atoms with Gasteiger partial charge in [0.25, 0.3) is 0 Å². The smallest absolute Gasteiger partial charge is 0.372 e. The van der Waals surface area contributed by atoms with E-state index < -0.39 is 0 Å². The zero-order valence-corrected chi connectivity index (χ0v) is 9.86. The number of aromatic nitrogens is 1. The predicted octanol–water partition coefficient (Wildman–Crippen LogP) is -2.78. The highest BCUT2D eigenvalue weighted by Crippen LogP contribution is 2.05. The maximum absolute atomic E-state index is 10.9. The highest BCUT2D eigenvalue weighted by Gasteiger charge is 2.08. The second kappa shape index (κ2) is 6.24. The summed E-state index contributed by atoms with van der Waals surface area (Å²) in [5, 5.41) is 0. The molecule has 0 amide bonds. The van der Waals surface area contributed by atoms with Crippen LogP contribution >= 0.6 is 0 Å². The molecule has 1 aromatic rings. The lowest BCUT2D eigenvalue weighted by molar-refractivity contribution is -0.685. The van der Waals surface area contributed by atoms with Crippen LogP contribution in [0.3, 0.4) is 0 Å². The van der Waals surface area contributed by atoms with Crippen molar-refractivity contribution in [3.05, 3.63) is 24.5 Å². The second-order valence-electron chi connectivity index (χ2n) is 3.20. The van der Waals surface area contributed by atoms with Gasteiger partial charge in [-0.25, -0.2) is 4.79 Å². The number of methoxy groups -OCH3 is 1. The predicted molar refractivity (Wildman–Crippen MR) is 53.0 cm³/mol. The fraction of sp³-hybridized carbons (Fsp3) is 0.400. The molecular formula is C10H15ClN2O2. The van der Waals surface area contributed by atoms with Gasteiger partial charge in [-0.3, -0.25) is 0 Å². The van der Waals surface area contributed by atoms with Crippen LogP contribution in [0.5, 0.6) is 0 Å². The van der Waals surface area contributed by atoms with E-state index in [1.807, 2.05) is 43.5 Å². The number of ether oxygens (including phenoxy) is 1. The number of nitrogens with zero attached hydrogens (tertiary/aromatic N) is 2. The van der Waals surface area contributed by atoms with Gasteiger partial charge in [-0.05, 0) is 0 Å². The topological polar surface area (TPSA) is 33.4 Å². The molecule has 0 unspecified atom stereocenters. The Balaban J connectivity index is 0.00000196. The van der Waals surface area contributed by atoms with Crippen LogP contribution in [-0.4, -0.2) is 27.2 Å². The number of carbonyl (C=O) groups excluding carboxylic acids is 1. The number of hydrogen-bond acceptors (Lipinski definition) is 3. The van der Waals surface area contributed by atoms with E-state index >= 15 is 0 Å². The first kappa shape index (κ1) is 13.7. The Kier molecular flexibility index (Phi) is 5.70. The second-order valence-corrected chi connectivity index (χ2v) is 3.20. The summed E-state index contributed by atoms with van der Waals surface area (Å²) in [4.78, 5) is 12.9. The Bertz CT molecular complexity index is 312. The first-order valence-corrected chi connectivity index (χ1v) is 4.36. The Labute approximate surface area is 95.9 Å². The summed E-state index contributed by atoms with van der Waals surface area (Å²) < 4.78 is 6.34. The van der Waals surface area contributed by atoms with Crippen molar-refractivity contribution in [3.63, 3.8) is 0 Å². The molecule has 0 atom stereocenters. The van der Waals surface area contributed by atoms with Gasteiger partial charge in [-0.15, -0.1) is 0 Å². The fourth-order valence-electron chi connectivity index (χ4n) is 1.07. The molecule has 0 saturated carbocycles. The first-order valence-electron chi connectivity index (χ1n) is 4.36. The largest absolute Gasteiger partial charge is 1.00 e. The lowest BCUT2D eigenvalue weighted by Gasteiger charge is -2.10. The van der Waals surface area contributed by atoms with Crippen molar-refractivity contribution in [2.75, 3.05) is 26.1 Å². The van der Waals surface area contributed by atoms with Crippen LogP contribution in [0.4, 0.5) is 5.69 Å². The summed E-state index contributed by atoms with van der Waals surface area (Å²) in [5.41, 5.74) is 1.10. The fourth-order valence-corrected chi connectivity index (χ4v) is 1.07. The third-order valence-corrected chi connectivity index (χ3v) is 1.93. The van der Waals surface area contributed by atoms with Gasteiger partial charge < -0.3 is 22.0 Å². The Morgan fingerprint density at radius 3 is 2.33 bits per heavy atom. The van der Waals surface area contributed by atoms with Crippen LogP contribution < -0.4 is 21.9 Å². The van der Waals surface area contributed by atoms with Gasteiger partial charge in [0.1, 0.15) is 0 Å². The standard InChI is InChI=1S/C10H15N2O2.ClH/c1-11(2)9-4-6-12(7-5-9)8-10(13)14-3;/h4-7H,8H2,1-3H3;1H/q+1;/p-1. The highest BCUT2D eigenvalue weighted by molar-refractivity contribution is 5.67. The van der Waals surface area contributed by atoms with Crippen molar-refractivity contribution >= 4 is 11.7 Å². The molecule has 0 N–H and O–H groups in total. The minimum Gasteiger partial charge on any atom is -1.00 e. The normalized spacial score (nSPS) is 9.00. The molecule has 1 aromatic heterocycles. The molecule has 1 heterocycles. The highest BCUT2D eigenvalue weighted by atomic mass is 35.5. The van der Waals surface area contributed by atoms with Gasteiger partial charge in [-0.2, -0.15) is 4.57 Å². The quantitative estimate of drug-likeness (QED) is 0.416. The zero-order valence-electron chi connectivity index (χ0n) is 9.11. The van der Waals surface area contributed by atoms with Crippen LogP contribution in [0.25, 0.3) is 0 Å². The molecule has 0 aromatic carbocycles. The summed E-state index contributed by atoms with van der Waals surface area (Å²) in [6.45, 7) is 0.254. The van der Waals surface area contributed by atoms with Gasteiger partial charge in [0.15, 0.2) is 12.4 Å². The average molecular weight is 231 g/mol. The van der Waals surface area contributed by atoms with Crippen LogP contribution in [0, 0.1) is 0 Å². The van der Waals surface area contributed by atoms with E-state index in [-0.39, 0.29) is 24.9 Å². The van der Waals surface area contributed by atoms with E-state index in [9.17, 15) is 4.79 Å². The van der Waals surface area contributed by atoms with Gasteiger partial charge in [0.2, 0.25) is 6.54 Å². The third kappa shape index (κ3) is 4.16. The van der Waals surface area contributed by atoms with Crippen LogP contribution in [0.1, 0.15) is 0 Å². The third-order valence-electron chi connectivity index (χ3n) is 1.93. The molecule has 0 aliphatic heterocycles. The van der Waals surface area contributed by atoms with Gasteiger partial charge in [0, 0.05) is 31.9 Å². The molecule has 4 nitrogen and oxygen atoms in total. The van der Waals surface area contributed by atoms with Gasteiger partial charge in [0.05, 0.1) is 7.11 Å². The molecule has 0 bridgehead atoms. The number of rotatable bonds is 3. The number of anilines is 1. The van der Waals surface area contributed by atoms with E-state index in [1.165, 1.54) is 7.11 Å². The number of pyridine rings is 1. The van der Waals surface area contributed by atoms with Crippen LogP contribution in [0.2, 0.25) is 0 Å². The molecular weight excluding hydrogens is 216 g/mol. The number of hydrogen-bond donors (Lipinski definition) is 0. The molecule has 1 rings (SSSR count). The molecule has 5 heteroatoms. The molecule has 0 aliphatic rings. The minimum absolute atomic E-state index is 0. The maximum atomic E-state index is 10.9. The van der Waals surface area contributed by atoms with Crippen molar-refractivity contribution in [1.29, 1.82) is 0 Å². The lowest BCUT2D eigenvalue weighted by atomic mass is 10.4. The average Bonchev–Trinajstić information content (AvgIpc) is 2.18. The van der Waals surface area contributed by atoms with Crippen LogP contribution in [0.15, 0.2) is 24.5 Å². The number of esters is 1. The van der Waals surface area contributed by atoms with E-state index in [0.29, 0.717) is 0 Å². The van der Waals surface area contributed by atoms with Crippen molar-refractivity contribution in [2.45, 2.75) is 6.54 Å². The molecule has 15 heavy (non-hydrogen) atoms. The van der Waals surface area contributed by atoms with Gasteiger partial charge in [-0.1, -0.05) is 0 Å². The Hall–Kier alpha value is -1.29. The summed E-state index contributed by atoms with van der Waals surface area (Å²) in [6.07, 6.45) is 3.71. The van der Waals surface area contributed by atoms with E-state index in [1.54, 1.807) is 4.57 Å². The first-order chi connectivity index (χ1) is 6.63. The molecule has 0 radical (unpaired) electrons. The zero-order chi connectivity index (χ0) is 10.6. The molecule has 0 spiro atoms. The molecule has 0 fully saturated rings. The van der Waals surface area contributed by atoms with Gasteiger partial charge >= 0.3 is 5.97 Å². The monoisotopic (exact) mass is 230 g/mol. The lowest BCUT2D eigenvalue weighted by Crippen LogP contribution is -3.00. The SMILES string of the molecule is COC(=O)C[n+]1ccc(N(C)C)cc1.[Cl-].